The monoisotopic (exact) mass is 870 g/mol. The van der Waals surface area contributed by atoms with Gasteiger partial charge in [-0.3, -0.25) is 0 Å². The highest BCUT2D eigenvalue weighted by Crippen LogP contribution is 2.29. The second kappa shape index (κ2) is 16.9. The Balaban J connectivity index is 0.000000251. The summed E-state index contributed by atoms with van der Waals surface area (Å²) in [4.78, 5) is 1.29. The van der Waals surface area contributed by atoms with Gasteiger partial charge in [-0.25, -0.2) is 65.9 Å². The molecule has 0 radical (unpaired) electrons. The van der Waals surface area contributed by atoms with Crippen LogP contribution >= 0.6 is 0 Å². The van der Waals surface area contributed by atoms with Gasteiger partial charge in [-0.1, -0.05) is 72.8 Å². The van der Waals surface area contributed by atoms with Crippen LogP contribution in [0.5, 0.6) is 5.75 Å². The second-order valence-corrected chi connectivity index (χ2v) is 15.2. The molecule has 1 N–H and O–H groups in total. The molecule has 1 nitrogen and oxygen atoms in total. The topological polar surface area (TPSA) is 20.2 Å². The standard InChI is InChI=1S/C24H5BF15.C18H16OS/c26-10-7(11(27)17(33)22(38)16(10)32)25(6-4-2-1-3-5-6,8-12(28)18(34)23(39)19(35)13(8)29)9-14(30)20(36)24(40)21(37)15(9)31;1-20(17-11-9-16(19)10-12-17)13-15-7-4-6-14-5-2-3-8-18(14)15/h1-5H;2-12H,13H2,1H3/q-1;/p+1. The molecular weight excluding hydrogens is 848 g/mol. The minimum absolute atomic E-state index is 0.140. The third-order valence-corrected chi connectivity index (χ3v) is 11.6. The normalized spacial score (nSPS) is 12.1. The van der Waals surface area contributed by atoms with Gasteiger partial charge in [-0.05, 0) is 35.0 Å². The van der Waals surface area contributed by atoms with Crippen molar-refractivity contribution < 1.29 is 71.0 Å². The summed E-state index contributed by atoms with van der Waals surface area (Å²) in [5.74, 6) is -44.1. The third kappa shape index (κ3) is 7.20. The van der Waals surface area contributed by atoms with E-state index in [1.54, 1.807) is 12.1 Å². The van der Waals surface area contributed by atoms with E-state index in [0.29, 0.717) is 17.9 Å². The van der Waals surface area contributed by atoms with Crippen LogP contribution in [0.2, 0.25) is 0 Å². The Morgan fingerprint density at radius 3 is 1.17 bits per heavy atom. The van der Waals surface area contributed by atoms with Crippen molar-refractivity contribution in [3.05, 3.63) is 190 Å². The van der Waals surface area contributed by atoms with E-state index in [1.807, 2.05) is 12.1 Å². The van der Waals surface area contributed by atoms with E-state index in [9.17, 15) is 44.6 Å². The van der Waals surface area contributed by atoms with Crippen molar-refractivity contribution in [1.82, 2.24) is 0 Å². The molecule has 0 aliphatic rings. The van der Waals surface area contributed by atoms with Crippen LogP contribution in [0.15, 0.2) is 102 Å². The lowest BCUT2D eigenvalue weighted by Crippen LogP contribution is -2.79. The maximum absolute atomic E-state index is 15.3. The largest absolute Gasteiger partial charge is 0.508 e. The van der Waals surface area contributed by atoms with Gasteiger partial charge in [0, 0.05) is 16.5 Å². The molecule has 0 amide bonds. The molecule has 0 heterocycles. The van der Waals surface area contributed by atoms with Gasteiger partial charge in [-0.2, -0.15) is 5.46 Å². The number of halogens is 15. The molecule has 310 valence electrons. The molecule has 0 fully saturated rings. The molecule has 18 heteroatoms. The molecule has 60 heavy (non-hydrogen) atoms. The van der Waals surface area contributed by atoms with Crippen LogP contribution < -0.4 is 21.9 Å². The van der Waals surface area contributed by atoms with Crippen molar-refractivity contribution in [3.63, 3.8) is 0 Å². The molecule has 0 bridgehead atoms. The van der Waals surface area contributed by atoms with Crippen molar-refractivity contribution in [1.29, 1.82) is 0 Å². The summed E-state index contributed by atoms with van der Waals surface area (Å²) in [6.45, 7) is 0. The zero-order valence-electron chi connectivity index (χ0n) is 30.0. The number of hydrogen-bond acceptors (Lipinski definition) is 1. The lowest BCUT2D eigenvalue weighted by molar-refractivity contribution is 0.380. The number of hydrogen-bond donors (Lipinski definition) is 1. The van der Waals surface area contributed by atoms with E-state index in [4.69, 9.17) is 0 Å². The predicted molar refractivity (Wildman–Crippen MR) is 197 cm³/mol. The molecule has 0 spiro atoms. The number of fused-ring (bicyclic) bond motifs is 1. The minimum Gasteiger partial charge on any atom is -0.508 e. The van der Waals surface area contributed by atoms with Gasteiger partial charge in [-0.15, -0.1) is 16.4 Å². The van der Waals surface area contributed by atoms with Gasteiger partial charge in [0.05, 0.1) is 0 Å². The van der Waals surface area contributed by atoms with Crippen LogP contribution in [0.1, 0.15) is 5.56 Å². The van der Waals surface area contributed by atoms with Gasteiger partial charge in [0.15, 0.2) is 57.3 Å². The summed E-state index contributed by atoms with van der Waals surface area (Å²) in [5.41, 5.74) is -8.02. The smallest absolute Gasteiger partial charge is 0.200 e. The van der Waals surface area contributed by atoms with E-state index in [1.165, 1.54) is 21.2 Å². The Bertz CT molecular complexity index is 2530. The fraction of sp³-hybridized carbons (Fsp3) is 0.0476. The highest BCUT2D eigenvalue weighted by molar-refractivity contribution is 7.95. The second-order valence-electron chi connectivity index (χ2n) is 13.1. The SMILES string of the molecule is C[S+](Cc1cccc2ccccc12)c1ccc(O)cc1.Fc1c(F)c(F)c([B-](c2ccccc2)(c2c(F)c(F)c(F)c(F)c2F)c2c(F)c(F)c(F)c(F)c2F)c(F)c1F. The lowest BCUT2D eigenvalue weighted by atomic mass is 9.12. The maximum Gasteiger partial charge on any atom is 0.200 e. The molecule has 0 saturated carbocycles. The van der Waals surface area contributed by atoms with Crippen molar-refractivity contribution in [2.24, 2.45) is 0 Å². The predicted octanol–water partition coefficient (Wildman–Crippen LogP) is 9.50. The van der Waals surface area contributed by atoms with Crippen molar-refractivity contribution in [3.8, 4) is 5.75 Å². The zero-order valence-corrected chi connectivity index (χ0v) is 30.9. The Labute approximate surface area is 332 Å². The molecule has 7 rings (SSSR count). The molecule has 1 unspecified atom stereocenters. The Morgan fingerprint density at radius 2 is 0.750 bits per heavy atom. The van der Waals surface area contributed by atoms with Crippen LogP contribution in [0, 0.1) is 87.3 Å². The highest BCUT2D eigenvalue weighted by atomic mass is 32.2. The third-order valence-electron chi connectivity index (χ3n) is 9.82. The fourth-order valence-electron chi connectivity index (χ4n) is 7.09. The highest BCUT2D eigenvalue weighted by Gasteiger charge is 2.48. The van der Waals surface area contributed by atoms with Gasteiger partial charge >= 0.3 is 0 Å². The first kappa shape index (κ1) is 43.5. The molecule has 1 atom stereocenters. The van der Waals surface area contributed by atoms with Gasteiger partial charge in [0.25, 0.3) is 0 Å². The number of rotatable bonds is 7. The summed E-state index contributed by atoms with van der Waals surface area (Å²) in [6.07, 6.45) is -3.46. The first-order chi connectivity index (χ1) is 28.4. The Morgan fingerprint density at radius 1 is 0.400 bits per heavy atom. The first-order valence-corrected chi connectivity index (χ1v) is 18.8. The quantitative estimate of drug-likeness (QED) is 0.0557. The minimum atomic E-state index is -5.72. The lowest BCUT2D eigenvalue weighted by Gasteiger charge is -2.44. The van der Waals surface area contributed by atoms with Crippen LogP contribution in [0.4, 0.5) is 65.9 Å². The van der Waals surface area contributed by atoms with Crippen LogP contribution in [0.25, 0.3) is 10.8 Å². The van der Waals surface area contributed by atoms with Crippen LogP contribution in [0.3, 0.4) is 0 Å². The van der Waals surface area contributed by atoms with Crippen LogP contribution in [-0.2, 0) is 16.6 Å². The molecule has 7 aromatic carbocycles. The van der Waals surface area contributed by atoms with Crippen LogP contribution in [-0.4, -0.2) is 17.5 Å². The summed E-state index contributed by atoms with van der Waals surface area (Å²) < 4.78 is 220. The maximum atomic E-state index is 15.3. The molecule has 0 aromatic heterocycles. The molecule has 7 aromatic rings. The zero-order chi connectivity index (χ0) is 44.0. The number of phenolic OH excluding ortho intramolecular Hbond substituents is 1. The van der Waals surface area contributed by atoms with Gasteiger partial charge in [0.1, 0.15) is 58.8 Å². The summed E-state index contributed by atoms with van der Waals surface area (Å²) in [7, 11) is 0.140. The summed E-state index contributed by atoms with van der Waals surface area (Å²) >= 11 is 0. The molecule has 0 saturated heterocycles. The van der Waals surface area contributed by atoms with E-state index in [0.717, 1.165) is 24.0 Å². The van der Waals surface area contributed by atoms with E-state index >= 15 is 26.3 Å². The van der Waals surface area contributed by atoms with E-state index < -0.39 is 115 Å². The molecule has 0 aliphatic heterocycles. The molecular formula is C42H22BF15OS. The average Bonchev–Trinajstić information content (AvgIpc) is 3.25. The van der Waals surface area contributed by atoms with Crippen molar-refractivity contribution in [2.45, 2.75) is 10.6 Å². The van der Waals surface area contributed by atoms with E-state index in [2.05, 4.69) is 48.7 Å². The van der Waals surface area contributed by atoms with Gasteiger partial charge < -0.3 is 5.11 Å². The average molecular weight is 870 g/mol. The Hall–Kier alpha value is -6.04. The fourth-order valence-corrected chi connectivity index (χ4v) is 8.58. The van der Waals surface area contributed by atoms with Crippen molar-refractivity contribution in [2.75, 3.05) is 6.26 Å². The van der Waals surface area contributed by atoms with Gasteiger partial charge in [0.2, 0.25) is 0 Å². The first-order valence-electron chi connectivity index (χ1n) is 17.0. The van der Waals surface area contributed by atoms with Crippen molar-refractivity contribution >= 4 is 49.7 Å². The summed E-state index contributed by atoms with van der Waals surface area (Å²) in [5, 5.41) is 12.0. The summed E-state index contributed by atoms with van der Waals surface area (Å²) in [6, 6.07) is 25.8. The number of aromatic hydroxyl groups is 1. The Kier molecular flexibility index (Phi) is 12.3. The van der Waals surface area contributed by atoms with E-state index in [-0.39, 0.29) is 10.9 Å². The number of benzene rings is 7. The molecule has 0 aliphatic carbocycles. The number of phenols is 1.